The SMILES string of the molecule is C=CC(=O)N1CCn2nc(-c3nc(-c4ccc5c(c4)CN(C)[C@H](CO)C5)c4ccsc4c3-c3c(F)cc(F)cc3OCCOC)cc2[C@H]1C. The summed E-state index contributed by atoms with van der Waals surface area (Å²) in [6.07, 6.45) is 2.05. The number of likely N-dealkylation sites (N-methyl/N-ethyl adjacent to an activating group) is 1. The van der Waals surface area contributed by atoms with E-state index >= 15 is 4.39 Å². The van der Waals surface area contributed by atoms with Crippen LogP contribution in [0.5, 0.6) is 5.75 Å². The van der Waals surface area contributed by atoms with Crippen molar-refractivity contribution in [3.63, 3.8) is 0 Å². The second-order valence-corrected chi connectivity index (χ2v) is 13.4. The fraction of sp³-hybridized carbons (Fsp3) is 0.324. The third-order valence-corrected chi connectivity index (χ3v) is 10.5. The van der Waals surface area contributed by atoms with Gasteiger partial charge in [-0.1, -0.05) is 18.7 Å². The van der Waals surface area contributed by atoms with E-state index < -0.39 is 11.6 Å². The molecule has 2 aromatic carbocycles. The summed E-state index contributed by atoms with van der Waals surface area (Å²) in [4.78, 5) is 21.8. The molecule has 2 aliphatic rings. The molecule has 0 bridgehead atoms. The molecular weight excluding hydrogens is 649 g/mol. The number of ether oxygens (including phenoxy) is 2. The molecule has 254 valence electrons. The predicted octanol–water partition coefficient (Wildman–Crippen LogP) is 6.24. The number of thiophene rings is 1. The number of pyridine rings is 1. The monoisotopic (exact) mass is 685 g/mol. The van der Waals surface area contributed by atoms with Crippen LogP contribution in [0.1, 0.15) is 29.8 Å². The van der Waals surface area contributed by atoms with Gasteiger partial charge >= 0.3 is 0 Å². The highest BCUT2D eigenvalue weighted by Crippen LogP contribution is 2.47. The van der Waals surface area contributed by atoms with Crippen LogP contribution in [0.2, 0.25) is 0 Å². The van der Waals surface area contributed by atoms with E-state index in [0.717, 1.165) is 39.4 Å². The highest BCUT2D eigenvalue weighted by atomic mass is 32.1. The summed E-state index contributed by atoms with van der Waals surface area (Å²) in [7, 11) is 3.54. The molecular formula is C37H37F2N5O4S. The van der Waals surface area contributed by atoms with Gasteiger partial charge in [0.25, 0.3) is 0 Å². The normalized spacial score (nSPS) is 17.6. The topological polar surface area (TPSA) is 93.0 Å². The minimum atomic E-state index is -0.784. The van der Waals surface area contributed by atoms with Crippen LogP contribution in [0.25, 0.3) is 43.9 Å². The molecule has 2 atom stereocenters. The predicted molar refractivity (Wildman–Crippen MR) is 185 cm³/mol. The van der Waals surface area contributed by atoms with Gasteiger partial charge in [-0.2, -0.15) is 5.10 Å². The highest BCUT2D eigenvalue weighted by molar-refractivity contribution is 7.18. The minimum Gasteiger partial charge on any atom is -0.490 e. The van der Waals surface area contributed by atoms with Crippen LogP contribution in [0.15, 0.2) is 60.5 Å². The number of carbonyl (C=O) groups excluding carboxylic acids is 1. The maximum absolute atomic E-state index is 16.1. The number of aliphatic hydroxyl groups excluding tert-OH is 1. The lowest BCUT2D eigenvalue weighted by Crippen LogP contribution is -2.40. The van der Waals surface area contributed by atoms with Crippen molar-refractivity contribution in [2.45, 2.75) is 38.5 Å². The van der Waals surface area contributed by atoms with Crippen LogP contribution < -0.4 is 4.74 Å². The number of benzene rings is 2. The van der Waals surface area contributed by atoms with Crippen LogP contribution >= 0.6 is 11.3 Å². The van der Waals surface area contributed by atoms with Crippen molar-refractivity contribution in [1.29, 1.82) is 0 Å². The Hall–Kier alpha value is -4.49. The number of halogens is 2. The average Bonchev–Trinajstić information content (AvgIpc) is 3.76. The number of hydrogen-bond acceptors (Lipinski definition) is 8. The summed E-state index contributed by atoms with van der Waals surface area (Å²) < 4.78 is 44.5. The zero-order chi connectivity index (χ0) is 34.4. The summed E-state index contributed by atoms with van der Waals surface area (Å²) in [5.74, 6) is -1.68. The molecule has 12 heteroatoms. The summed E-state index contributed by atoms with van der Waals surface area (Å²) in [5.41, 5.74) is 6.18. The average molecular weight is 686 g/mol. The van der Waals surface area contributed by atoms with Crippen molar-refractivity contribution in [3.8, 4) is 39.5 Å². The summed E-state index contributed by atoms with van der Waals surface area (Å²) in [5, 5.41) is 17.6. The van der Waals surface area contributed by atoms with Crippen molar-refractivity contribution in [3.05, 3.63) is 89.0 Å². The van der Waals surface area contributed by atoms with Crippen molar-refractivity contribution < 1.29 is 28.2 Å². The first-order valence-corrected chi connectivity index (χ1v) is 17.1. The van der Waals surface area contributed by atoms with Gasteiger partial charge in [0.1, 0.15) is 35.4 Å². The summed E-state index contributed by atoms with van der Waals surface area (Å²) in [6, 6.07) is 11.9. The van der Waals surface area contributed by atoms with Crippen LogP contribution in [0.4, 0.5) is 8.78 Å². The number of hydrogen-bond donors (Lipinski definition) is 1. The van der Waals surface area contributed by atoms with Crippen LogP contribution in [-0.2, 0) is 29.0 Å². The third kappa shape index (κ3) is 5.92. The lowest BCUT2D eigenvalue weighted by atomic mass is 9.91. The van der Waals surface area contributed by atoms with Crippen molar-refractivity contribution in [2.75, 3.05) is 40.5 Å². The number of aliphatic hydroxyl groups is 1. The van der Waals surface area contributed by atoms with Gasteiger partial charge in [-0.3, -0.25) is 14.4 Å². The van der Waals surface area contributed by atoms with Crippen LogP contribution in [0.3, 0.4) is 0 Å². The van der Waals surface area contributed by atoms with Crippen molar-refractivity contribution >= 4 is 27.3 Å². The Bertz CT molecular complexity index is 2080. The molecule has 7 rings (SSSR count). The molecule has 5 aromatic rings. The highest BCUT2D eigenvalue weighted by Gasteiger charge is 2.32. The van der Waals surface area contributed by atoms with Gasteiger partial charge in [-0.15, -0.1) is 11.3 Å². The molecule has 1 amide bonds. The molecule has 0 unspecified atom stereocenters. The zero-order valence-electron chi connectivity index (χ0n) is 27.6. The van der Waals surface area contributed by atoms with Gasteiger partial charge in [0, 0.05) is 59.6 Å². The number of carbonyl (C=O) groups is 1. The Morgan fingerprint density at radius 3 is 2.71 bits per heavy atom. The minimum absolute atomic E-state index is 0.0374. The zero-order valence-corrected chi connectivity index (χ0v) is 28.4. The number of amides is 1. The summed E-state index contributed by atoms with van der Waals surface area (Å²) >= 11 is 1.44. The molecule has 9 nitrogen and oxygen atoms in total. The van der Waals surface area contributed by atoms with Gasteiger partial charge in [0.15, 0.2) is 0 Å². The second kappa shape index (κ2) is 13.4. The largest absolute Gasteiger partial charge is 0.490 e. The molecule has 0 spiro atoms. The third-order valence-electron chi connectivity index (χ3n) is 9.57. The molecule has 2 aliphatic heterocycles. The van der Waals surface area contributed by atoms with Gasteiger partial charge < -0.3 is 19.5 Å². The first-order valence-electron chi connectivity index (χ1n) is 16.2. The molecule has 1 N–H and O–H groups in total. The molecule has 0 fully saturated rings. The molecule has 0 saturated heterocycles. The summed E-state index contributed by atoms with van der Waals surface area (Å²) in [6.45, 7) is 7.60. The number of methoxy groups -OCH3 is 1. The first kappa shape index (κ1) is 33.0. The first-order chi connectivity index (χ1) is 23.7. The lowest BCUT2D eigenvalue weighted by molar-refractivity contribution is -0.129. The Kier molecular flexibility index (Phi) is 9.05. The molecule has 3 aromatic heterocycles. The smallest absolute Gasteiger partial charge is 0.246 e. The number of nitrogens with zero attached hydrogens (tertiary/aromatic N) is 5. The molecule has 0 radical (unpaired) electrons. The lowest BCUT2D eigenvalue weighted by Gasteiger charge is -2.33. The van der Waals surface area contributed by atoms with Gasteiger partial charge in [-0.25, -0.2) is 13.8 Å². The molecule has 5 heterocycles. The van der Waals surface area contributed by atoms with Crippen molar-refractivity contribution in [1.82, 2.24) is 24.6 Å². The molecule has 49 heavy (non-hydrogen) atoms. The van der Waals surface area contributed by atoms with E-state index in [0.29, 0.717) is 42.3 Å². The van der Waals surface area contributed by atoms with E-state index in [1.54, 1.807) is 4.90 Å². The Morgan fingerprint density at radius 1 is 1.10 bits per heavy atom. The fourth-order valence-electron chi connectivity index (χ4n) is 6.97. The van der Waals surface area contributed by atoms with Crippen LogP contribution in [0, 0.1) is 11.6 Å². The van der Waals surface area contributed by atoms with E-state index in [9.17, 15) is 14.3 Å². The van der Waals surface area contributed by atoms with Crippen molar-refractivity contribution in [2.24, 2.45) is 0 Å². The quantitative estimate of drug-likeness (QED) is 0.145. The maximum atomic E-state index is 16.1. The second-order valence-electron chi connectivity index (χ2n) is 12.5. The van der Waals surface area contributed by atoms with E-state index in [4.69, 9.17) is 19.6 Å². The Labute approximate surface area is 287 Å². The number of aromatic nitrogens is 3. The Balaban J connectivity index is 1.46. The maximum Gasteiger partial charge on any atom is 0.246 e. The van der Waals surface area contributed by atoms with E-state index in [-0.39, 0.29) is 49.1 Å². The Morgan fingerprint density at radius 2 is 1.94 bits per heavy atom. The van der Waals surface area contributed by atoms with E-state index in [1.165, 1.54) is 36.2 Å². The van der Waals surface area contributed by atoms with Gasteiger partial charge in [0.2, 0.25) is 5.91 Å². The number of rotatable bonds is 9. The van der Waals surface area contributed by atoms with E-state index in [1.807, 2.05) is 42.2 Å². The molecule has 0 saturated carbocycles. The molecule has 0 aliphatic carbocycles. The standard InChI is InChI=1S/C37H37F2N5O4S/c1-5-32(46)43-9-10-44-30(21(43)2)18-29(41-44)36-34(33-28(39)16-25(38)17-31(33)48-12-11-47-4)37-27(8-13-49-37)35(40-36)23-7-6-22-15-26(20-45)42(3)19-24(22)14-23/h5-8,13-14,16-18,21,26,45H,1,9-12,15,19-20H2,2-4H3/t21-,26+/m1/s1. The van der Waals surface area contributed by atoms with Gasteiger partial charge in [-0.05, 0) is 61.2 Å². The van der Waals surface area contributed by atoms with E-state index in [2.05, 4.69) is 23.6 Å². The van der Waals surface area contributed by atoms with Crippen LogP contribution in [-0.4, -0.2) is 82.1 Å². The number of fused-ring (bicyclic) bond motifs is 3. The fourth-order valence-corrected chi connectivity index (χ4v) is 7.92. The van der Waals surface area contributed by atoms with Gasteiger partial charge in [0.05, 0.1) is 42.8 Å².